The lowest BCUT2D eigenvalue weighted by Gasteiger charge is -2.40. The molecule has 1 aliphatic heterocycles. The molecule has 434 valence electrons. The van der Waals surface area contributed by atoms with Crippen molar-refractivity contribution in [3.8, 4) is 0 Å². The number of amides is 1. The molecule has 1 rings (SSSR count). The van der Waals surface area contributed by atoms with E-state index in [9.17, 15) is 30.3 Å². The number of unbranched alkanes of at least 4 members (excludes halogenated alkanes) is 39. The van der Waals surface area contributed by atoms with Crippen molar-refractivity contribution in [2.24, 2.45) is 0 Å². The number of carbonyl (C=O) groups is 1. The summed E-state index contributed by atoms with van der Waals surface area (Å²) in [5.41, 5.74) is 0. The molecule has 1 fully saturated rings. The molecule has 1 amide bonds. The van der Waals surface area contributed by atoms with Crippen LogP contribution in [-0.4, -0.2) is 87.5 Å². The number of allylic oxidation sites excluding steroid dienone is 7. The lowest BCUT2D eigenvalue weighted by atomic mass is 9.99. The van der Waals surface area contributed by atoms with Gasteiger partial charge in [-0.2, -0.15) is 0 Å². The van der Waals surface area contributed by atoms with Crippen LogP contribution in [0.25, 0.3) is 0 Å². The molecular formula is C65H121NO8. The van der Waals surface area contributed by atoms with E-state index >= 15 is 0 Å². The number of carbonyl (C=O) groups excluding carboxylic acids is 1. The lowest BCUT2D eigenvalue weighted by Crippen LogP contribution is -2.60. The Balaban J connectivity index is 2.06. The maximum atomic E-state index is 13.1. The molecule has 0 bridgehead atoms. The number of aliphatic hydroxyl groups is 5. The van der Waals surface area contributed by atoms with Gasteiger partial charge in [-0.25, -0.2) is 0 Å². The number of rotatable bonds is 55. The molecule has 74 heavy (non-hydrogen) atoms. The zero-order valence-electron chi connectivity index (χ0n) is 48.4. The van der Waals surface area contributed by atoms with E-state index in [1.807, 2.05) is 6.08 Å². The maximum Gasteiger partial charge on any atom is 0.220 e. The third-order valence-corrected chi connectivity index (χ3v) is 15.1. The molecule has 9 nitrogen and oxygen atoms in total. The Labute approximate surface area is 456 Å². The molecule has 0 spiro atoms. The van der Waals surface area contributed by atoms with Gasteiger partial charge in [0.2, 0.25) is 5.91 Å². The van der Waals surface area contributed by atoms with E-state index in [-0.39, 0.29) is 12.5 Å². The zero-order chi connectivity index (χ0) is 53.6. The fourth-order valence-corrected chi connectivity index (χ4v) is 10.1. The topological polar surface area (TPSA) is 149 Å². The first kappa shape index (κ1) is 70.2. The quantitative estimate of drug-likeness (QED) is 0.0261. The van der Waals surface area contributed by atoms with Crippen LogP contribution in [0.15, 0.2) is 48.6 Å². The second kappa shape index (κ2) is 54.5. The maximum absolute atomic E-state index is 13.1. The fraction of sp³-hybridized carbons (Fsp3) is 0.862. The van der Waals surface area contributed by atoms with Crippen LogP contribution < -0.4 is 5.32 Å². The Morgan fingerprint density at radius 3 is 1.18 bits per heavy atom. The minimum absolute atomic E-state index is 0.173. The van der Waals surface area contributed by atoms with Gasteiger partial charge in [-0.1, -0.05) is 287 Å². The van der Waals surface area contributed by atoms with Crippen LogP contribution in [0.2, 0.25) is 0 Å². The van der Waals surface area contributed by atoms with E-state index in [0.717, 1.165) is 51.4 Å². The molecule has 1 saturated heterocycles. The molecule has 0 radical (unpaired) electrons. The summed E-state index contributed by atoms with van der Waals surface area (Å²) < 4.78 is 11.3. The van der Waals surface area contributed by atoms with Gasteiger partial charge in [0, 0.05) is 6.42 Å². The van der Waals surface area contributed by atoms with Crippen LogP contribution in [0.3, 0.4) is 0 Å². The van der Waals surface area contributed by atoms with E-state index in [2.05, 4.69) is 55.6 Å². The molecule has 6 N–H and O–H groups in total. The largest absolute Gasteiger partial charge is 0.394 e. The van der Waals surface area contributed by atoms with E-state index in [1.165, 1.54) is 231 Å². The normalized spacial score (nSPS) is 19.3. The molecule has 0 saturated carbocycles. The summed E-state index contributed by atoms with van der Waals surface area (Å²) in [6.07, 6.45) is 66.4. The van der Waals surface area contributed by atoms with E-state index in [0.29, 0.717) is 6.42 Å². The molecule has 0 aromatic carbocycles. The van der Waals surface area contributed by atoms with Gasteiger partial charge in [0.1, 0.15) is 24.4 Å². The highest BCUT2D eigenvalue weighted by Gasteiger charge is 2.44. The standard InChI is InChI=1S/C65H121NO8/c1-3-5-7-9-11-13-15-17-19-20-21-22-23-24-25-26-27-28-29-30-31-32-33-34-35-36-37-38-39-40-41-43-45-47-49-51-53-55-61(69)66-58(57-73-65-64(72)63(71)62(70)60(56-67)74-65)59(68)54-52-50-48-46-44-42-18-16-14-12-10-8-6-4-2/h15,17,20-21,23-24,52,54,58-60,62-65,67-68,70-72H,3-14,16,18-19,22,25-51,53,55-57H2,1-2H3,(H,66,69)/b17-15-,21-20-,24-23-,54-52+. The smallest absolute Gasteiger partial charge is 0.220 e. The van der Waals surface area contributed by atoms with Gasteiger partial charge < -0.3 is 40.3 Å². The summed E-state index contributed by atoms with van der Waals surface area (Å²) in [5, 5.41) is 54.5. The highest BCUT2D eigenvalue weighted by molar-refractivity contribution is 5.76. The summed E-state index contributed by atoms with van der Waals surface area (Å²) in [5.74, 6) is -0.173. The van der Waals surface area contributed by atoms with Gasteiger partial charge in [-0.15, -0.1) is 0 Å². The number of ether oxygens (including phenoxy) is 2. The van der Waals surface area contributed by atoms with Crippen molar-refractivity contribution in [3.05, 3.63) is 48.6 Å². The van der Waals surface area contributed by atoms with Crippen molar-refractivity contribution >= 4 is 5.91 Å². The van der Waals surface area contributed by atoms with Gasteiger partial charge in [0.15, 0.2) is 6.29 Å². The lowest BCUT2D eigenvalue weighted by molar-refractivity contribution is -0.302. The molecular weight excluding hydrogens is 923 g/mol. The van der Waals surface area contributed by atoms with Crippen molar-refractivity contribution in [2.75, 3.05) is 13.2 Å². The SMILES string of the molecule is CCCCCCC/C=C\C/C=C\C/C=C\CCCCCCCCCCCCCCCCCCCCCCCCC(=O)NC(COC1OC(CO)C(O)C(O)C1O)C(O)/C=C/CCCCCCCCCCCCCC. The molecule has 1 heterocycles. The van der Waals surface area contributed by atoms with Gasteiger partial charge in [-0.05, 0) is 57.8 Å². The molecule has 1 aliphatic rings. The van der Waals surface area contributed by atoms with E-state index < -0.39 is 49.5 Å². The summed E-state index contributed by atoms with van der Waals surface area (Å²) >= 11 is 0. The molecule has 9 heteroatoms. The average Bonchev–Trinajstić information content (AvgIpc) is 3.40. The molecule has 0 aliphatic carbocycles. The minimum atomic E-state index is -1.57. The van der Waals surface area contributed by atoms with E-state index in [1.54, 1.807) is 6.08 Å². The van der Waals surface area contributed by atoms with Crippen LogP contribution >= 0.6 is 0 Å². The summed E-state index contributed by atoms with van der Waals surface area (Å²) in [4.78, 5) is 13.1. The highest BCUT2D eigenvalue weighted by Crippen LogP contribution is 2.23. The average molecular weight is 1040 g/mol. The Morgan fingerprint density at radius 2 is 0.797 bits per heavy atom. The number of nitrogens with one attached hydrogen (secondary N) is 1. The van der Waals surface area contributed by atoms with Crippen molar-refractivity contribution in [2.45, 2.75) is 346 Å². The zero-order valence-corrected chi connectivity index (χ0v) is 48.4. The van der Waals surface area contributed by atoms with Crippen molar-refractivity contribution < 1.29 is 39.8 Å². The van der Waals surface area contributed by atoms with E-state index in [4.69, 9.17) is 9.47 Å². The van der Waals surface area contributed by atoms with Gasteiger partial charge >= 0.3 is 0 Å². The van der Waals surface area contributed by atoms with Crippen LogP contribution in [-0.2, 0) is 14.3 Å². The van der Waals surface area contributed by atoms with Gasteiger partial charge in [0.05, 0.1) is 25.4 Å². The third-order valence-electron chi connectivity index (χ3n) is 15.1. The predicted molar refractivity (Wildman–Crippen MR) is 313 cm³/mol. The first-order valence-electron chi connectivity index (χ1n) is 31.9. The summed E-state index contributed by atoms with van der Waals surface area (Å²) in [7, 11) is 0. The van der Waals surface area contributed by atoms with Gasteiger partial charge in [0.25, 0.3) is 0 Å². The molecule has 0 aromatic rings. The Morgan fingerprint density at radius 1 is 0.459 bits per heavy atom. The Hall–Kier alpha value is -1.85. The number of hydrogen-bond acceptors (Lipinski definition) is 8. The minimum Gasteiger partial charge on any atom is -0.394 e. The van der Waals surface area contributed by atoms with Crippen LogP contribution in [0.5, 0.6) is 0 Å². The first-order valence-corrected chi connectivity index (χ1v) is 31.9. The number of aliphatic hydroxyl groups excluding tert-OH is 5. The summed E-state index contributed by atoms with van der Waals surface area (Å²) in [6, 6.07) is -0.803. The second-order valence-corrected chi connectivity index (χ2v) is 22.2. The van der Waals surface area contributed by atoms with Crippen LogP contribution in [0, 0.1) is 0 Å². The molecule has 7 unspecified atom stereocenters. The first-order chi connectivity index (χ1) is 36.3. The second-order valence-electron chi connectivity index (χ2n) is 22.2. The molecule has 0 aromatic heterocycles. The summed E-state index contributed by atoms with van der Waals surface area (Å²) in [6.45, 7) is 3.78. The highest BCUT2D eigenvalue weighted by atomic mass is 16.7. The fourth-order valence-electron chi connectivity index (χ4n) is 10.1. The predicted octanol–water partition coefficient (Wildman–Crippen LogP) is 16.5. The van der Waals surface area contributed by atoms with Crippen LogP contribution in [0.1, 0.15) is 303 Å². The van der Waals surface area contributed by atoms with Crippen LogP contribution in [0.4, 0.5) is 0 Å². The van der Waals surface area contributed by atoms with Crippen molar-refractivity contribution in [1.29, 1.82) is 0 Å². The monoisotopic (exact) mass is 1040 g/mol. The van der Waals surface area contributed by atoms with Crippen molar-refractivity contribution in [3.63, 3.8) is 0 Å². The number of hydrogen-bond donors (Lipinski definition) is 6. The Bertz CT molecular complexity index is 1300. The van der Waals surface area contributed by atoms with Crippen molar-refractivity contribution in [1.82, 2.24) is 5.32 Å². The third kappa shape index (κ3) is 43.2. The van der Waals surface area contributed by atoms with Gasteiger partial charge in [-0.3, -0.25) is 4.79 Å². The Kier molecular flexibility index (Phi) is 51.7. The molecule has 7 atom stereocenters.